The van der Waals surface area contributed by atoms with E-state index in [2.05, 4.69) is 10.6 Å². The molecular formula is C26H34ClN3O4. The van der Waals surface area contributed by atoms with E-state index in [-0.39, 0.29) is 12.6 Å². The fourth-order valence-electron chi connectivity index (χ4n) is 3.58. The molecule has 0 aliphatic rings. The van der Waals surface area contributed by atoms with Crippen molar-refractivity contribution in [2.24, 2.45) is 0 Å². The van der Waals surface area contributed by atoms with E-state index in [0.29, 0.717) is 16.3 Å². The van der Waals surface area contributed by atoms with E-state index in [1.165, 1.54) is 4.90 Å². The molecule has 0 aromatic heterocycles. The number of benzene rings is 2. The van der Waals surface area contributed by atoms with Crippen molar-refractivity contribution < 1.29 is 19.1 Å². The van der Waals surface area contributed by atoms with Gasteiger partial charge in [-0.3, -0.25) is 9.59 Å². The molecule has 0 radical (unpaired) electrons. The zero-order valence-corrected chi connectivity index (χ0v) is 21.6. The van der Waals surface area contributed by atoms with Gasteiger partial charge in [-0.05, 0) is 71.2 Å². The molecule has 2 aromatic carbocycles. The zero-order chi connectivity index (χ0) is 25.6. The lowest BCUT2D eigenvalue weighted by Crippen LogP contribution is -2.49. The molecule has 2 N–H and O–H groups in total. The number of nitrogens with one attached hydrogen (secondary N) is 2. The van der Waals surface area contributed by atoms with Crippen LogP contribution in [0.5, 0.6) is 0 Å². The topological polar surface area (TPSA) is 87.7 Å². The van der Waals surface area contributed by atoms with E-state index in [1.54, 1.807) is 32.9 Å². The first-order valence-corrected chi connectivity index (χ1v) is 11.6. The van der Waals surface area contributed by atoms with Crippen LogP contribution >= 0.6 is 11.6 Å². The van der Waals surface area contributed by atoms with Crippen molar-refractivity contribution in [2.45, 2.75) is 66.2 Å². The third-order valence-corrected chi connectivity index (χ3v) is 5.42. The number of alkyl carbamates (subject to hydrolysis) is 1. The van der Waals surface area contributed by atoms with Gasteiger partial charge in [-0.15, -0.1) is 0 Å². The summed E-state index contributed by atoms with van der Waals surface area (Å²) < 4.78 is 5.23. The summed E-state index contributed by atoms with van der Waals surface area (Å²) in [7, 11) is 0. The molecule has 8 heteroatoms. The molecule has 2 rings (SSSR count). The molecule has 0 aliphatic heterocycles. The van der Waals surface area contributed by atoms with Gasteiger partial charge >= 0.3 is 6.09 Å². The van der Waals surface area contributed by atoms with Gasteiger partial charge in [0.15, 0.2) is 0 Å². The summed E-state index contributed by atoms with van der Waals surface area (Å²) in [6.07, 6.45) is -0.701. The molecule has 2 aromatic rings. The van der Waals surface area contributed by atoms with Gasteiger partial charge in [0.2, 0.25) is 5.91 Å². The molecule has 0 bridgehead atoms. The highest BCUT2D eigenvalue weighted by atomic mass is 35.5. The maximum atomic E-state index is 13.7. The summed E-state index contributed by atoms with van der Waals surface area (Å²) in [6.45, 7) is 12.3. The van der Waals surface area contributed by atoms with Gasteiger partial charge in [0, 0.05) is 6.04 Å². The third kappa shape index (κ3) is 7.22. The first-order valence-electron chi connectivity index (χ1n) is 11.2. The zero-order valence-electron chi connectivity index (χ0n) is 20.9. The molecule has 0 saturated heterocycles. The minimum atomic E-state index is -0.940. The van der Waals surface area contributed by atoms with Gasteiger partial charge < -0.3 is 20.3 Å². The van der Waals surface area contributed by atoms with Crippen molar-refractivity contribution in [3.63, 3.8) is 0 Å². The number of aryl methyl sites for hydroxylation is 2. The smallest absolute Gasteiger partial charge is 0.408 e. The van der Waals surface area contributed by atoms with Crippen LogP contribution in [0.2, 0.25) is 5.02 Å². The van der Waals surface area contributed by atoms with Crippen LogP contribution in [0.4, 0.5) is 10.5 Å². The van der Waals surface area contributed by atoms with E-state index in [4.69, 9.17) is 16.3 Å². The normalized spacial score (nSPS) is 12.1. The van der Waals surface area contributed by atoms with Gasteiger partial charge in [0.1, 0.15) is 18.2 Å². The highest BCUT2D eigenvalue weighted by Crippen LogP contribution is 2.31. The standard InChI is InChI=1S/C26H34ClN3O4/c1-16(2)30(21(31)15-28-25(33)34-26(5,6)7)23(19-13-9-8-11-17(19)3)24(32)29-22-18(4)12-10-14-20(22)27/h8-14,16,23H,15H2,1-7H3,(H,28,33)(H,29,32). The monoisotopic (exact) mass is 487 g/mol. The first-order chi connectivity index (χ1) is 15.8. The number of anilines is 1. The van der Waals surface area contributed by atoms with Crippen molar-refractivity contribution in [3.05, 3.63) is 64.2 Å². The van der Waals surface area contributed by atoms with Crippen LogP contribution in [0.1, 0.15) is 57.4 Å². The largest absolute Gasteiger partial charge is 0.444 e. The van der Waals surface area contributed by atoms with E-state index in [9.17, 15) is 14.4 Å². The van der Waals surface area contributed by atoms with Crippen LogP contribution < -0.4 is 10.6 Å². The summed E-state index contributed by atoms with van der Waals surface area (Å²) in [6, 6.07) is 11.5. The number of nitrogens with zero attached hydrogens (tertiary/aromatic N) is 1. The Balaban J connectivity index is 2.41. The average Bonchev–Trinajstić information content (AvgIpc) is 2.72. The summed E-state index contributed by atoms with van der Waals surface area (Å²) in [5.41, 5.74) is 2.15. The molecule has 0 fully saturated rings. The SMILES string of the molecule is Cc1ccccc1C(C(=O)Nc1c(C)cccc1Cl)N(C(=O)CNC(=O)OC(C)(C)C)C(C)C. The molecular weight excluding hydrogens is 454 g/mol. The second-order valence-electron chi connectivity index (χ2n) is 9.43. The predicted molar refractivity (Wildman–Crippen MR) is 135 cm³/mol. The molecule has 184 valence electrons. The lowest BCUT2D eigenvalue weighted by atomic mass is 9.97. The Hall–Kier alpha value is -3.06. The van der Waals surface area contributed by atoms with Gasteiger partial charge in [0.05, 0.1) is 10.7 Å². The number of hydrogen-bond donors (Lipinski definition) is 2. The van der Waals surface area contributed by atoms with Crippen LogP contribution in [-0.4, -0.2) is 41.0 Å². The van der Waals surface area contributed by atoms with Crippen molar-refractivity contribution in [2.75, 3.05) is 11.9 Å². The Labute approximate surface area is 206 Å². The Kier molecular flexibility index (Phi) is 9.10. The van der Waals surface area contributed by atoms with Gasteiger partial charge in [-0.1, -0.05) is 48.0 Å². The minimum absolute atomic E-state index is 0.312. The van der Waals surface area contributed by atoms with Gasteiger partial charge in [-0.25, -0.2) is 4.79 Å². The van der Waals surface area contributed by atoms with E-state index < -0.39 is 29.6 Å². The average molecular weight is 488 g/mol. The molecule has 3 amide bonds. The molecule has 0 heterocycles. The van der Waals surface area contributed by atoms with E-state index >= 15 is 0 Å². The number of halogens is 1. The van der Waals surface area contributed by atoms with Crippen molar-refractivity contribution in [3.8, 4) is 0 Å². The summed E-state index contributed by atoms with van der Waals surface area (Å²) in [4.78, 5) is 40.6. The van der Waals surface area contributed by atoms with E-state index in [1.807, 2.05) is 58.0 Å². The minimum Gasteiger partial charge on any atom is -0.444 e. The van der Waals surface area contributed by atoms with E-state index in [0.717, 1.165) is 11.1 Å². The van der Waals surface area contributed by atoms with Gasteiger partial charge in [-0.2, -0.15) is 0 Å². The number of amides is 3. The number of rotatable bonds is 7. The van der Waals surface area contributed by atoms with Crippen LogP contribution in [0.25, 0.3) is 0 Å². The highest BCUT2D eigenvalue weighted by molar-refractivity contribution is 6.34. The lowest BCUT2D eigenvalue weighted by molar-refractivity contribution is -0.140. The van der Waals surface area contributed by atoms with Crippen molar-refractivity contribution in [1.82, 2.24) is 10.2 Å². The van der Waals surface area contributed by atoms with Crippen LogP contribution in [-0.2, 0) is 14.3 Å². The fraction of sp³-hybridized carbons (Fsp3) is 0.423. The molecule has 7 nitrogen and oxygen atoms in total. The second kappa shape index (κ2) is 11.4. The first kappa shape index (κ1) is 27.2. The third-order valence-electron chi connectivity index (χ3n) is 5.11. The van der Waals surface area contributed by atoms with Gasteiger partial charge in [0.25, 0.3) is 5.91 Å². The van der Waals surface area contributed by atoms with Crippen LogP contribution in [0.3, 0.4) is 0 Å². The maximum Gasteiger partial charge on any atom is 0.408 e. The highest BCUT2D eigenvalue weighted by Gasteiger charge is 2.35. The predicted octanol–water partition coefficient (Wildman–Crippen LogP) is 5.40. The number of ether oxygens (including phenoxy) is 1. The molecule has 34 heavy (non-hydrogen) atoms. The number of carbonyl (C=O) groups is 3. The maximum absolute atomic E-state index is 13.7. The van der Waals surface area contributed by atoms with Crippen LogP contribution in [0.15, 0.2) is 42.5 Å². The van der Waals surface area contributed by atoms with Crippen molar-refractivity contribution in [1.29, 1.82) is 0 Å². The van der Waals surface area contributed by atoms with Crippen LogP contribution in [0, 0.1) is 13.8 Å². The number of carbonyl (C=O) groups excluding carboxylic acids is 3. The Morgan fingerprint density at radius 2 is 1.62 bits per heavy atom. The molecule has 0 saturated carbocycles. The Morgan fingerprint density at radius 1 is 1.00 bits per heavy atom. The molecule has 1 atom stereocenters. The fourth-order valence-corrected chi connectivity index (χ4v) is 3.85. The number of hydrogen-bond acceptors (Lipinski definition) is 4. The molecule has 1 unspecified atom stereocenters. The lowest BCUT2D eigenvalue weighted by Gasteiger charge is -2.35. The van der Waals surface area contributed by atoms with Crippen molar-refractivity contribution >= 4 is 35.2 Å². The Morgan fingerprint density at radius 3 is 2.18 bits per heavy atom. The number of para-hydroxylation sites is 1. The Bertz CT molecular complexity index is 1030. The summed E-state index contributed by atoms with van der Waals surface area (Å²) in [5, 5.41) is 5.82. The second-order valence-corrected chi connectivity index (χ2v) is 9.84. The quantitative estimate of drug-likeness (QED) is 0.547. The summed E-state index contributed by atoms with van der Waals surface area (Å²) in [5.74, 6) is -0.815. The summed E-state index contributed by atoms with van der Waals surface area (Å²) >= 11 is 6.34. The molecule has 0 spiro atoms. The molecule has 0 aliphatic carbocycles.